The molecule has 0 N–H and O–H groups in total. The van der Waals surface area contributed by atoms with Crippen molar-refractivity contribution in [3.8, 4) is 0 Å². The van der Waals surface area contributed by atoms with Crippen LogP contribution in [0.15, 0.2) is 48.6 Å². The summed E-state index contributed by atoms with van der Waals surface area (Å²) in [6, 6.07) is 0. The van der Waals surface area contributed by atoms with Gasteiger partial charge in [-0.2, -0.15) is 0 Å². The summed E-state index contributed by atoms with van der Waals surface area (Å²) in [5.74, 6) is -0.914. The Labute approximate surface area is 390 Å². The summed E-state index contributed by atoms with van der Waals surface area (Å²) in [5.41, 5.74) is 0. The largest absolute Gasteiger partial charge is 0.462 e. The lowest BCUT2D eigenvalue weighted by atomic mass is 10.0. The maximum Gasteiger partial charge on any atom is 0.306 e. The number of allylic oxidation sites excluding steroid dienone is 8. The molecule has 6 nitrogen and oxygen atoms in total. The topological polar surface area (TPSA) is 78.9 Å². The van der Waals surface area contributed by atoms with Crippen molar-refractivity contribution in [1.29, 1.82) is 0 Å². The minimum atomic E-state index is -0.788. The van der Waals surface area contributed by atoms with Crippen LogP contribution in [0.3, 0.4) is 0 Å². The smallest absolute Gasteiger partial charge is 0.306 e. The molecular weight excluding hydrogens is 781 g/mol. The summed E-state index contributed by atoms with van der Waals surface area (Å²) < 4.78 is 16.8. The highest BCUT2D eigenvalue weighted by molar-refractivity contribution is 5.71. The highest BCUT2D eigenvalue weighted by Crippen LogP contribution is 2.16. The maximum atomic E-state index is 12.8. The van der Waals surface area contributed by atoms with E-state index in [4.69, 9.17) is 14.2 Å². The molecule has 0 aliphatic rings. The molecule has 0 spiro atoms. The van der Waals surface area contributed by atoms with E-state index in [2.05, 4.69) is 69.4 Å². The Morgan fingerprint density at radius 1 is 0.333 bits per heavy atom. The van der Waals surface area contributed by atoms with Gasteiger partial charge in [-0.3, -0.25) is 14.4 Å². The van der Waals surface area contributed by atoms with Crippen LogP contribution in [0.5, 0.6) is 0 Å². The average molecular weight is 883 g/mol. The Balaban J connectivity index is 4.34. The molecular formula is C57H102O6. The van der Waals surface area contributed by atoms with Gasteiger partial charge >= 0.3 is 17.9 Å². The molecule has 0 aromatic carbocycles. The molecule has 0 rings (SSSR count). The van der Waals surface area contributed by atoms with Crippen LogP contribution in [0, 0.1) is 0 Å². The first kappa shape index (κ1) is 60.4. The average Bonchev–Trinajstić information content (AvgIpc) is 3.28. The number of unbranched alkanes of at least 4 members (excludes halogenated alkanes) is 30. The Hall–Kier alpha value is -2.63. The monoisotopic (exact) mass is 883 g/mol. The van der Waals surface area contributed by atoms with Crippen molar-refractivity contribution in [3.05, 3.63) is 48.6 Å². The van der Waals surface area contributed by atoms with E-state index >= 15 is 0 Å². The number of ether oxygens (including phenoxy) is 3. The highest BCUT2D eigenvalue weighted by Gasteiger charge is 2.19. The van der Waals surface area contributed by atoms with Crippen molar-refractivity contribution in [3.63, 3.8) is 0 Å². The van der Waals surface area contributed by atoms with Crippen molar-refractivity contribution >= 4 is 17.9 Å². The van der Waals surface area contributed by atoms with E-state index in [1.165, 1.54) is 148 Å². The lowest BCUT2D eigenvalue weighted by Gasteiger charge is -2.18. The number of hydrogen-bond donors (Lipinski definition) is 0. The molecule has 0 radical (unpaired) electrons. The number of rotatable bonds is 49. The Morgan fingerprint density at radius 3 is 1.02 bits per heavy atom. The van der Waals surface area contributed by atoms with Gasteiger partial charge in [0.2, 0.25) is 0 Å². The van der Waals surface area contributed by atoms with E-state index < -0.39 is 6.10 Å². The first-order valence-electron chi connectivity index (χ1n) is 27.1. The van der Waals surface area contributed by atoms with Crippen LogP contribution < -0.4 is 0 Å². The van der Waals surface area contributed by atoms with Crippen molar-refractivity contribution < 1.29 is 28.6 Å². The minimum absolute atomic E-state index is 0.0850. The fraction of sp³-hybridized carbons (Fsp3) is 0.807. The second-order valence-electron chi connectivity index (χ2n) is 18.1. The molecule has 366 valence electrons. The first-order valence-corrected chi connectivity index (χ1v) is 27.1. The molecule has 0 heterocycles. The van der Waals surface area contributed by atoms with Crippen LogP contribution in [0.25, 0.3) is 0 Å². The van der Waals surface area contributed by atoms with Gasteiger partial charge in [-0.05, 0) is 77.0 Å². The maximum absolute atomic E-state index is 12.8. The lowest BCUT2D eigenvalue weighted by molar-refractivity contribution is -0.167. The van der Waals surface area contributed by atoms with Crippen molar-refractivity contribution in [2.75, 3.05) is 13.2 Å². The van der Waals surface area contributed by atoms with Crippen LogP contribution in [-0.4, -0.2) is 37.2 Å². The lowest BCUT2D eigenvalue weighted by Crippen LogP contribution is -2.30. The molecule has 0 saturated carbocycles. The zero-order valence-corrected chi connectivity index (χ0v) is 41.8. The molecule has 0 saturated heterocycles. The van der Waals surface area contributed by atoms with E-state index in [1.807, 2.05) is 0 Å². The molecule has 0 aromatic heterocycles. The van der Waals surface area contributed by atoms with Crippen molar-refractivity contribution in [1.82, 2.24) is 0 Å². The molecule has 0 fully saturated rings. The van der Waals surface area contributed by atoms with Crippen LogP contribution >= 0.6 is 0 Å². The normalized spacial score (nSPS) is 12.4. The van der Waals surface area contributed by atoms with Gasteiger partial charge in [-0.25, -0.2) is 0 Å². The summed E-state index contributed by atoms with van der Waals surface area (Å²) in [6.45, 7) is 6.50. The molecule has 63 heavy (non-hydrogen) atoms. The zero-order chi connectivity index (χ0) is 45.8. The van der Waals surface area contributed by atoms with Gasteiger partial charge in [0.1, 0.15) is 13.2 Å². The Kier molecular flexibility index (Phi) is 49.8. The summed E-state index contributed by atoms with van der Waals surface area (Å²) in [4.78, 5) is 38.0. The molecule has 6 heteroatoms. The van der Waals surface area contributed by atoms with E-state index in [-0.39, 0.29) is 31.1 Å². The highest BCUT2D eigenvalue weighted by atomic mass is 16.6. The quantitative estimate of drug-likeness (QED) is 0.0262. The van der Waals surface area contributed by atoms with Gasteiger partial charge in [-0.1, -0.05) is 230 Å². The van der Waals surface area contributed by atoms with Gasteiger partial charge in [0.25, 0.3) is 0 Å². The molecule has 0 bridgehead atoms. The SMILES string of the molecule is CC/C=C\C/C=C\C/C=C\CCCCCC(=O)OC(COC(=O)CCCCCCC/C=C\CCCCCC)COC(=O)CCCCCCCCCCCCCCCCCCCCC. The number of carbonyl (C=O) groups excluding carboxylic acids is 3. The van der Waals surface area contributed by atoms with Gasteiger partial charge < -0.3 is 14.2 Å². The standard InChI is InChI=1S/C57H102O6/c1-4-7-10-13-16-19-22-25-26-27-28-29-30-33-35-38-41-44-47-50-56(59)62-53-54(63-57(60)51-48-45-42-39-36-32-24-21-18-15-12-9-6-3)52-61-55(58)49-46-43-40-37-34-31-23-20-17-14-11-8-5-2/h9,12,18,20-21,23,32,36,54H,4-8,10-11,13-17,19,22,24-31,33-35,37-53H2,1-3H3/b12-9-,21-18-,23-20-,36-32-. The summed E-state index contributed by atoms with van der Waals surface area (Å²) in [5, 5.41) is 0. The molecule has 0 aliphatic heterocycles. The third kappa shape index (κ3) is 50.2. The molecule has 1 atom stereocenters. The second kappa shape index (κ2) is 52.0. The predicted molar refractivity (Wildman–Crippen MR) is 270 cm³/mol. The number of esters is 3. The molecule has 0 aromatic rings. The van der Waals surface area contributed by atoms with Crippen LogP contribution in [0.2, 0.25) is 0 Å². The third-order valence-corrected chi connectivity index (χ3v) is 11.8. The molecule has 0 amide bonds. The zero-order valence-electron chi connectivity index (χ0n) is 41.8. The van der Waals surface area contributed by atoms with Gasteiger partial charge in [0.15, 0.2) is 6.10 Å². The van der Waals surface area contributed by atoms with Gasteiger partial charge in [0.05, 0.1) is 0 Å². The van der Waals surface area contributed by atoms with Crippen LogP contribution in [0.4, 0.5) is 0 Å². The number of carbonyl (C=O) groups is 3. The number of hydrogen-bond acceptors (Lipinski definition) is 6. The van der Waals surface area contributed by atoms with E-state index in [0.29, 0.717) is 19.3 Å². The van der Waals surface area contributed by atoms with Crippen LogP contribution in [-0.2, 0) is 28.6 Å². The molecule has 1 unspecified atom stereocenters. The van der Waals surface area contributed by atoms with Crippen molar-refractivity contribution in [2.45, 2.75) is 284 Å². The predicted octanol–water partition coefficient (Wildman–Crippen LogP) is 17.9. The van der Waals surface area contributed by atoms with E-state index in [0.717, 1.165) is 89.9 Å². The van der Waals surface area contributed by atoms with E-state index in [1.54, 1.807) is 0 Å². The summed E-state index contributed by atoms with van der Waals surface area (Å²) >= 11 is 0. The fourth-order valence-electron chi connectivity index (χ4n) is 7.75. The summed E-state index contributed by atoms with van der Waals surface area (Å²) in [6.07, 6.45) is 62.5. The van der Waals surface area contributed by atoms with Crippen molar-refractivity contribution in [2.24, 2.45) is 0 Å². The van der Waals surface area contributed by atoms with Crippen LogP contribution in [0.1, 0.15) is 278 Å². The second-order valence-corrected chi connectivity index (χ2v) is 18.1. The fourth-order valence-corrected chi connectivity index (χ4v) is 7.75. The van der Waals surface area contributed by atoms with E-state index in [9.17, 15) is 14.4 Å². The summed E-state index contributed by atoms with van der Waals surface area (Å²) in [7, 11) is 0. The Morgan fingerprint density at radius 2 is 0.619 bits per heavy atom. The van der Waals surface area contributed by atoms with Gasteiger partial charge in [0, 0.05) is 19.3 Å². The Bertz CT molecular complexity index is 1110. The third-order valence-electron chi connectivity index (χ3n) is 11.8. The first-order chi connectivity index (χ1) is 31.0. The molecule has 0 aliphatic carbocycles. The minimum Gasteiger partial charge on any atom is -0.462 e. The van der Waals surface area contributed by atoms with Gasteiger partial charge in [-0.15, -0.1) is 0 Å².